The third-order valence-electron chi connectivity index (χ3n) is 2.71. The zero-order valence-corrected chi connectivity index (χ0v) is 12.3. The fourth-order valence-corrected chi connectivity index (χ4v) is 2.40. The van der Waals surface area contributed by atoms with Gasteiger partial charge in [0.15, 0.2) is 0 Å². The molecule has 0 aliphatic heterocycles. The lowest BCUT2D eigenvalue weighted by Gasteiger charge is -2.06. The Morgan fingerprint density at radius 3 is 2.82 bits per heavy atom. The van der Waals surface area contributed by atoms with Crippen molar-refractivity contribution in [2.24, 2.45) is 0 Å². The van der Waals surface area contributed by atoms with Crippen molar-refractivity contribution >= 4 is 23.5 Å². The number of nitrogens with one attached hydrogen (secondary N) is 1. The minimum atomic E-state index is -0.128. The summed E-state index contributed by atoms with van der Waals surface area (Å²) < 4.78 is 1.74. The fourth-order valence-electron chi connectivity index (χ4n) is 1.71. The summed E-state index contributed by atoms with van der Waals surface area (Å²) in [4.78, 5) is 29.0. The summed E-state index contributed by atoms with van der Waals surface area (Å²) in [5, 5.41) is 2.75. The van der Waals surface area contributed by atoms with Crippen LogP contribution in [-0.2, 0) is 4.79 Å². The van der Waals surface area contributed by atoms with Gasteiger partial charge in [-0.3, -0.25) is 14.3 Å². The summed E-state index contributed by atoms with van der Waals surface area (Å²) >= 11 is 1.44. The number of pyridine rings is 1. The van der Waals surface area contributed by atoms with E-state index in [-0.39, 0.29) is 5.91 Å². The van der Waals surface area contributed by atoms with Gasteiger partial charge in [0.1, 0.15) is 24.3 Å². The molecule has 0 saturated carbocycles. The highest BCUT2D eigenvalue weighted by Gasteiger charge is 2.06. The number of hydrogen-bond donors (Lipinski definition) is 1. The zero-order valence-electron chi connectivity index (χ0n) is 11.5. The SMILES string of the molecule is O=C(CSc1ccncc1)Nc1cc(-n2ccnc2)ncn1. The van der Waals surface area contributed by atoms with E-state index < -0.39 is 0 Å². The van der Waals surface area contributed by atoms with Crippen molar-refractivity contribution in [1.29, 1.82) is 0 Å². The minimum absolute atomic E-state index is 0.128. The number of carbonyl (C=O) groups excluding carboxylic acids is 1. The average molecular weight is 312 g/mol. The Morgan fingerprint density at radius 2 is 2.05 bits per heavy atom. The summed E-state index contributed by atoms with van der Waals surface area (Å²) in [6.45, 7) is 0. The molecule has 0 radical (unpaired) electrons. The molecule has 3 aromatic heterocycles. The Bertz CT molecular complexity index is 747. The second kappa shape index (κ2) is 6.81. The molecule has 0 aliphatic carbocycles. The van der Waals surface area contributed by atoms with Crippen molar-refractivity contribution in [1.82, 2.24) is 24.5 Å². The largest absolute Gasteiger partial charge is 0.310 e. The molecule has 8 heteroatoms. The lowest BCUT2D eigenvalue weighted by molar-refractivity contribution is -0.113. The number of hydrogen-bond acceptors (Lipinski definition) is 6. The lowest BCUT2D eigenvalue weighted by Crippen LogP contribution is -2.15. The minimum Gasteiger partial charge on any atom is -0.310 e. The van der Waals surface area contributed by atoms with E-state index in [0.29, 0.717) is 17.4 Å². The van der Waals surface area contributed by atoms with E-state index in [0.717, 1.165) is 4.90 Å². The zero-order chi connectivity index (χ0) is 15.2. The van der Waals surface area contributed by atoms with Gasteiger partial charge in [-0.2, -0.15) is 0 Å². The van der Waals surface area contributed by atoms with Crippen LogP contribution < -0.4 is 5.32 Å². The van der Waals surface area contributed by atoms with Gasteiger partial charge >= 0.3 is 0 Å². The molecule has 0 saturated heterocycles. The first-order valence-corrected chi connectivity index (χ1v) is 7.43. The fraction of sp³-hybridized carbons (Fsp3) is 0.0714. The molecule has 7 nitrogen and oxygen atoms in total. The van der Waals surface area contributed by atoms with E-state index in [1.165, 1.54) is 18.1 Å². The van der Waals surface area contributed by atoms with Crippen molar-refractivity contribution in [3.05, 3.63) is 55.6 Å². The van der Waals surface area contributed by atoms with Crippen LogP contribution in [0.25, 0.3) is 5.82 Å². The van der Waals surface area contributed by atoms with Gasteiger partial charge in [0, 0.05) is 35.7 Å². The van der Waals surface area contributed by atoms with Crippen molar-refractivity contribution < 1.29 is 4.79 Å². The first kappa shape index (κ1) is 14.2. The number of rotatable bonds is 5. The molecule has 1 amide bonds. The highest BCUT2D eigenvalue weighted by Crippen LogP contribution is 2.16. The Hall–Kier alpha value is -2.74. The van der Waals surface area contributed by atoms with E-state index >= 15 is 0 Å². The second-order valence-electron chi connectivity index (χ2n) is 4.25. The van der Waals surface area contributed by atoms with Crippen LogP contribution in [0, 0.1) is 0 Å². The highest BCUT2D eigenvalue weighted by molar-refractivity contribution is 8.00. The van der Waals surface area contributed by atoms with E-state index in [1.807, 2.05) is 12.1 Å². The molecule has 1 N–H and O–H groups in total. The summed E-state index contributed by atoms with van der Waals surface area (Å²) in [6.07, 6.45) is 9.86. The summed E-state index contributed by atoms with van der Waals surface area (Å²) in [5.41, 5.74) is 0. The van der Waals surface area contributed by atoms with Gasteiger partial charge in [-0.05, 0) is 12.1 Å². The third-order valence-corrected chi connectivity index (χ3v) is 3.72. The van der Waals surface area contributed by atoms with Gasteiger partial charge in [-0.25, -0.2) is 15.0 Å². The van der Waals surface area contributed by atoms with Crippen LogP contribution >= 0.6 is 11.8 Å². The lowest BCUT2D eigenvalue weighted by atomic mass is 10.5. The van der Waals surface area contributed by atoms with Crippen molar-refractivity contribution in [2.45, 2.75) is 4.90 Å². The maximum Gasteiger partial charge on any atom is 0.235 e. The standard InChI is InChI=1S/C14H12N6OS/c21-14(8-22-11-1-3-15-4-2-11)19-12-7-13(18-9-17-12)20-6-5-16-10-20/h1-7,9-10H,8H2,(H,17,18,19,21). The van der Waals surface area contributed by atoms with Crippen LogP contribution in [0.5, 0.6) is 0 Å². The summed E-state index contributed by atoms with van der Waals surface area (Å²) in [6, 6.07) is 5.41. The average Bonchev–Trinajstić information content (AvgIpc) is 3.09. The molecular weight excluding hydrogens is 300 g/mol. The third kappa shape index (κ3) is 3.67. The molecule has 3 rings (SSSR count). The molecular formula is C14H12N6OS. The molecule has 0 bridgehead atoms. The van der Waals surface area contributed by atoms with E-state index in [9.17, 15) is 4.79 Å². The number of anilines is 1. The van der Waals surface area contributed by atoms with Gasteiger partial charge in [-0.15, -0.1) is 11.8 Å². The second-order valence-corrected chi connectivity index (χ2v) is 5.30. The molecule has 0 atom stereocenters. The van der Waals surface area contributed by atoms with Gasteiger partial charge in [0.05, 0.1) is 5.75 Å². The van der Waals surface area contributed by atoms with Crippen molar-refractivity contribution in [3.8, 4) is 5.82 Å². The monoisotopic (exact) mass is 312 g/mol. The van der Waals surface area contributed by atoms with E-state index in [2.05, 4.69) is 25.3 Å². The molecule has 3 aromatic rings. The first-order valence-electron chi connectivity index (χ1n) is 6.44. The maximum absolute atomic E-state index is 12.0. The van der Waals surface area contributed by atoms with Gasteiger partial charge < -0.3 is 5.32 Å². The molecule has 0 aromatic carbocycles. The molecule has 0 unspecified atom stereocenters. The highest BCUT2D eigenvalue weighted by atomic mass is 32.2. The van der Waals surface area contributed by atoms with E-state index in [1.54, 1.807) is 41.7 Å². The predicted molar refractivity (Wildman–Crippen MR) is 82.7 cm³/mol. The van der Waals surface area contributed by atoms with Crippen molar-refractivity contribution in [3.63, 3.8) is 0 Å². The van der Waals surface area contributed by atoms with Crippen LogP contribution in [0.2, 0.25) is 0 Å². The van der Waals surface area contributed by atoms with Crippen LogP contribution in [0.1, 0.15) is 0 Å². The van der Waals surface area contributed by atoms with E-state index in [4.69, 9.17) is 0 Å². The number of aromatic nitrogens is 5. The maximum atomic E-state index is 12.0. The van der Waals surface area contributed by atoms with Crippen LogP contribution in [0.3, 0.4) is 0 Å². The topological polar surface area (TPSA) is 85.6 Å². The van der Waals surface area contributed by atoms with Crippen LogP contribution in [0.4, 0.5) is 5.82 Å². The smallest absolute Gasteiger partial charge is 0.235 e. The normalized spacial score (nSPS) is 10.4. The Morgan fingerprint density at radius 1 is 1.18 bits per heavy atom. The van der Waals surface area contributed by atoms with Crippen LogP contribution in [0.15, 0.2) is 60.5 Å². The predicted octanol–water partition coefficient (Wildman–Crippen LogP) is 1.79. The van der Waals surface area contributed by atoms with Gasteiger partial charge in [0.2, 0.25) is 5.91 Å². The van der Waals surface area contributed by atoms with Gasteiger partial charge in [-0.1, -0.05) is 0 Å². The van der Waals surface area contributed by atoms with Crippen molar-refractivity contribution in [2.75, 3.05) is 11.1 Å². The molecule has 0 aliphatic rings. The Labute approximate surface area is 130 Å². The Kier molecular flexibility index (Phi) is 4.40. The first-order chi connectivity index (χ1) is 10.8. The molecule has 0 fully saturated rings. The number of imidazole rings is 1. The molecule has 22 heavy (non-hydrogen) atoms. The molecule has 3 heterocycles. The number of thioether (sulfide) groups is 1. The molecule has 0 spiro atoms. The molecule has 110 valence electrons. The number of nitrogens with zero attached hydrogens (tertiary/aromatic N) is 5. The summed E-state index contributed by atoms with van der Waals surface area (Å²) in [5.74, 6) is 1.27. The van der Waals surface area contributed by atoms with Crippen LogP contribution in [-0.4, -0.2) is 36.2 Å². The number of amides is 1. The Balaban J connectivity index is 1.61. The quantitative estimate of drug-likeness (QED) is 0.723. The summed E-state index contributed by atoms with van der Waals surface area (Å²) in [7, 11) is 0. The number of carbonyl (C=O) groups is 1. The van der Waals surface area contributed by atoms with Gasteiger partial charge in [0.25, 0.3) is 0 Å².